The molecule has 2 aromatic carbocycles. The van der Waals surface area contributed by atoms with Crippen molar-refractivity contribution in [1.82, 2.24) is 25.1 Å². The minimum atomic E-state index is -0.564. The van der Waals surface area contributed by atoms with Gasteiger partial charge in [0.25, 0.3) is 0 Å². The molecule has 2 saturated heterocycles. The first-order valence-corrected chi connectivity index (χ1v) is 17.5. The number of aromatic nitrogens is 4. The number of ether oxygens (including phenoxy) is 2. The molecule has 0 bridgehead atoms. The maximum Gasteiger partial charge on any atom is 0.408 e. The number of alkyl carbamates (subject to hydrolysis) is 1. The average molecular weight is 652 g/mol. The molecule has 0 radical (unpaired) electrons. The first kappa shape index (κ1) is 30.9. The number of aryl methyl sites for hydroxylation is 1. The number of carbonyl (C=O) groups excluding carboxylic acids is 1. The summed E-state index contributed by atoms with van der Waals surface area (Å²) in [6, 6.07) is 13.9. The van der Waals surface area contributed by atoms with Crippen LogP contribution in [-0.2, 0) is 22.3 Å². The number of benzene rings is 2. The second kappa shape index (κ2) is 11.9. The Morgan fingerprint density at radius 3 is 2.69 bits per heavy atom. The fourth-order valence-electron chi connectivity index (χ4n) is 8.23. The zero-order valence-electron chi connectivity index (χ0n) is 28.1. The number of amides is 1. The number of anilines is 3. The quantitative estimate of drug-likeness (QED) is 0.248. The van der Waals surface area contributed by atoms with Gasteiger partial charge in [0.05, 0.1) is 12.2 Å². The number of nitrogens with zero attached hydrogens (tertiary/aromatic N) is 6. The van der Waals surface area contributed by atoms with Crippen molar-refractivity contribution in [3.05, 3.63) is 65.4 Å². The Balaban J connectivity index is 1.09. The molecule has 2 N–H and O–H groups in total. The Hall–Kier alpha value is -4.38. The molecule has 11 nitrogen and oxygen atoms in total. The van der Waals surface area contributed by atoms with Crippen LogP contribution in [0.15, 0.2) is 48.7 Å². The van der Waals surface area contributed by atoms with Crippen LogP contribution >= 0.6 is 0 Å². The van der Waals surface area contributed by atoms with Gasteiger partial charge in [-0.15, -0.1) is 5.10 Å². The minimum absolute atomic E-state index is 0.102. The zero-order valence-corrected chi connectivity index (χ0v) is 28.1. The monoisotopic (exact) mass is 651 g/mol. The molecule has 8 rings (SSSR count). The molecule has 5 heterocycles. The van der Waals surface area contributed by atoms with Gasteiger partial charge in [-0.2, -0.15) is 0 Å². The summed E-state index contributed by atoms with van der Waals surface area (Å²) < 4.78 is 13.9. The lowest BCUT2D eigenvalue weighted by Crippen LogP contribution is -2.48. The molecule has 11 heteroatoms. The molecule has 2 aromatic heterocycles. The van der Waals surface area contributed by atoms with Crippen molar-refractivity contribution in [1.29, 1.82) is 0 Å². The zero-order chi connectivity index (χ0) is 33.0. The SMILES string of the molecule is CC(C)(C)OC(=O)N[C@@H]1c2ccccc2CC12CCN(c1cnc3c(N4CCCc5cc(O)ccc54)nn(C4CCCCO4)c3n1)CC2. The van der Waals surface area contributed by atoms with Crippen LogP contribution in [0.1, 0.15) is 88.3 Å². The van der Waals surface area contributed by atoms with Gasteiger partial charge in [-0.3, -0.25) is 0 Å². The summed E-state index contributed by atoms with van der Waals surface area (Å²) in [7, 11) is 0. The highest BCUT2D eigenvalue weighted by Crippen LogP contribution is 2.52. The van der Waals surface area contributed by atoms with Gasteiger partial charge in [-0.05, 0) is 107 Å². The highest BCUT2D eigenvalue weighted by atomic mass is 16.6. The molecule has 1 aliphatic carbocycles. The third kappa shape index (κ3) is 5.61. The second-order valence-corrected chi connectivity index (χ2v) is 14.9. The Morgan fingerprint density at radius 2 is 1.90 bits per heavy atom. The number of phenolic OH excluding ortho intramolecular Hbond substituents is 1. The lowest BCUT2D eigenvalue weighted by Gasteiger charge is -2.43. The maximum atomic E-state index is 13.0. The molecular formula is C37H45N7O4. The molecule has 0 saturated carbocycles. The number of aromatic hydroxyl groups is 1. The van der Waals surface area contributed by atoms with Crippen molar-refractivity contribution in [2.24, 2.45) is 5.41 Å². The molecule has 2 fully saturated rings. The Labute approximate surface area is 281 Å². The molecule has 48 heavy (non-hydrogen) atoms. The third-order valence-corrected chi connectivity index (χ3v) is 10.5. The lowest BCUT2D eigenvalue weighted by atomic mass is 9.72. The largest absolute Gasteiger partial charge is 0.508 e. The van der Waals surface area contributed by atoms with E-state index in [9.17, 15) is 9.90 Å². The molecule has 4 aromatic rings. The van der Waals surface area contributed by atoms with E-state index in [0.29, 0.717) is 6.61 Å². The molecule has 1 unspecified atom stereocenters. The fraction of sp³-hybridized carbons (Fsp3) is 0.514. The van der Waals surface area contributed by atoms with Crippen LogP contribution in [-0.4, -0.2) is 62.8 Å². The van der Waals surface area contributed by atoms with Gasteiger partial charge in [0.2, 0.25) is 0 Å². The smallest absolute Gasteiger partial charge is 0.408 e. The Morgan fingerprint density at radius 1 is 1.06 bits per heavy atom. The maximum absolute atomic E-state index is 13.0. The fourth-order valence-corrected chi connectivity index (χ4v) is 8.23. The van der Waals surface area contributed by atoms with Gasteiger partial charge in [-0.1, -0.05) is 24.3 Å². The number of carbonyl (C=O) groups is 1. The van der Waals surface area contributed by atoms with E-state index in [2.05, 4.69) is 39.4 Å². The van der Waals surface area contributed by atoms with E-state index in [4.69, 9.17) is 24.5 Å². The van der Waals surface area contributed by atoms with E-state index in [1.165, 1.54) is 11.1 Å². The van der Waals surface area contributed by atoms with Gasteiger partial charge in [0.15, 0.2) is 23.2 Å². The van der Waals surface area contributed by atoms with Crippen molar-refractivity contribution in [2.75, 3.05) is 36.0 Å². The van der Waals surface area contributed by atoms with Crippen molar-refractivity contribution in [3.63, 3.8) is 0 Å². The van der Waals surface area contributed by atoms with E-state index in [0.717, 1.165) is 105 Å². The van der Waals surface area contributed by atoms with Gasteiger partial charge in [-0.25, -0.2) is 19.4 Å². The number of fused-ring (bicyclic) bond motifs is 3. The van der Waals surface area contributed by atoms with E-state index in [-0.39, 0.29) is 29.5 Å². The van der Waals surface area contributed by atoms with Gasteiger partial charge < -0.3 is 29.7 Å². The van der Waals surface area contributed by atoms with Crippen LogP contribution in [0.2, 0.25) is 0 Å². The highest BCUT2D eigenvalue weighted by Gasteiger charge is 2.49. The Kier molecular flexibility index (Phi) is 7.69. The van der Waals surface area contributed by atoms with Crippen LogP contribution in [0.25, 0.3) is 11.2 Å². The van der Waals surface area contributed by atoms with Crippen LogP contribution in [0.4, 0.5) is 22.1 Å². The van der Waals surface area contributed by atoms with E-state index < -0.39 is 5.60 Å². The van der Waals surface area contributed by atoms with Gasteiger partial charge in [0.1, 0.15) is 17.2 Å². The summed E-state index contributed by atoms with van der Waals surface area (Å²) in [5, 5.41) is 18.6. The van der Waals surface area contributed by atoms with E-state index in [1.54, 1.807) is 6.07 Å². The summed E-state index contributed by atoms with van der Waals surface area (Å²) in [4.78, 5) is 27.9. The van der Waals surface area contributed by atoms with Gasteiger partial charge in [0, 0.05) is 37.3 Å². The average Bonchev–Trinajstić information content (AvgIpc) is 3.59. The predicted octanol–water partition coefficient (Wildman–Crippen LogP) is 6.72. The third-order valence-electron chi connectivity index (χ3n) is 10.5. The normalized spacial score (nSPS) is 22.1. The minimum Gasteiger partial charge on any atom is -0.508 e. The van der Waals surface area contributed by atoms with Crippen molar-refractivity contribution in [3.8, 4) is 5.75 Å². The molecule has 4 aliphatic rings. The summed E-state index contributed by atoms with van der Waals surface area (Å²) >= 11 is 0. The number of phenols is 1. The number of nitrogens with one attached hydrogen (secondary N) is 1. The topological polar surface area (TPSA) is 118 Å². The van der Waals surface area contributed by atoms with Gasteiger partial charge >= 0.3 is 6.09 Å². The molecule has 3 aliphatic heterocycles. The summed E-state index contributed by atoms with van der Waals surface area (Å²) in [5.41, 5.74) is 5.48. The molecule has 2 atom stereocenters. The molecule has 1 amide bonds. The van der Waals surface area contributed by atoms with Crippen molar-refractivity contribution >= 4 is 34.6 Å². The van der Waals surface area contributed by atoms with Crippen molar-refractivity contribution < 1.29 is 19.4 Å². The molecular weight excluding hydrogens is 606 g/mol. The van der Waals surface area contributed by atoms with Crippen molar-refractivity contribution in [2.45, 2.75) is 90.0 Å². The van der Waals surface area contributed by atoms with Crippen LogP contribution < -0.4 is 15.1 Å². The number of rotatable bonds is 4. The Bertz CT molecular complexity index is 1840. The van der Waals surface area contributed by atoms with Crippen LogP contribution in [0, 0.1) is 5.41 Å². The lowest BCUT2D eigenvalue weighted by molar-refractivity contribution is -0.0368. The molecule has 252 valence electrons. The van der Waals surface area contributed by atoms with E-state index in [1.807, 2.05) is 43.8 Å². The molecule has 1 spiro atoms. The highest BCUT2D eigenvalue weighted by molar-refractivity contribution is 5.88. The predicted molar refractivity (Wildman–Crippen MR) is 184 cm³/mol. The number of hydrogen-bond donors (Lipinski definition) is 2. The van der Waals surface area contributed by atoms with Crippen LogP contribution in [0.5, 0.6) is 5.75 Å². The number of hydrogen-bond acceptors (Lipinski definition) is 9. The van der Waals surface area contributed by atoms with Crippen LogP contribution in [0.3, 0.4) is 0 Å². The standard InChI is InChI=1S/C37H45N7O4/c1-36(2,3)48-35(46)40-32-27-11-5-4-9-25(27)22-37(32)15-18-42(19-16-37)29-23-38-31-33(39-29)44(30-12-6-7-20-47-30)41-34(31)43-17-8-10-24-21-26(45)13-14-28(24)43/h4-5,9,11,13-14,21,23,30,32,45H,6-8,10,12,15-20,22H2,1-3H3,(H,40,46)/t30?,32-/m1/s1. The summed E-state index contributed by atoms with van der Waals surface area (Å²) in [6.07, 6.45) is 8.92. The van der Waals surface area contributed by atoms with E-state index >= 15 is 0 Å². The first-order valence-electron chi connectivity index (χ1n) is 17.5. The summed E-state index contributed by atoms with van der Waals surface area (Å²) in [5.74, 6) is 1.89. The number of piperidine rings is 1. The summed E-state index contributed by atoms with van der Waals surface area (Å²) in [6.45, 7) is 8.80. The second-order valence-electron chi connectivity index (χ2n) is 14.9. The first-order chi connectivity index (χ1) is 23.2.